The number of anilines is 2. The Morgan fingerprint density at radius 2 is 1.48 bits per heavy atom. The SMILES string of the molecule is CC(C)CCC[C@@H](C)[C@H]1CC[C@H]2[C@@H]3CC=C4C[C@@H](OC(=O)c5cc(-c6cccc(N)c6)cc(-c6cccc(N)c6)c5)CC[C@]4(C)[C@H]3CC[C@]12C. The fourth-order valence-electron chi connectivity index (χ4n) is 11.5. The third kappa shape index (κ3) is 6.64. The van der Waals surface area contributed by atoms with Gasteiger partial charge in [0.05, 0.1) is 5.56 Å². The van der Waals surface area contributed by atoms with Crippen molar-refractivity contribution in [1.82, 2.24) is 0 Å². The Morgan fingerprint density at radius 3 is 2.12 bits per heavy atom. The van der Waals surface area contributed by atoms with Gasteiger partial charge in [-0.2, -0.15) is 0 Å². The molecule has 4 heteroatoms. The van der Waals surface area contributed by atoms with Gasteiger partial charge in [-0.3, -0.25) is 0 Å². The Bertz CT molecular complexity index is 1680. The minimum Gasteiger partial charge on any atom is -0.458 e. The van der Waals surface area contributed by atoms with E-state index in [9.17, 15) is 4.79 Å². The largest absolute Gasteiger partial charge is 0.458 e. The fraction of sp³-hybridized carbons (Fsp3) is 0.543. The van der Waals surface area contributed by atoms with E-state index in [1.807, 2.05) is 60.7 Å². The lowest BCUT2D eigenvalue weighted by Gasteiger charge is -2.58. The van der Waals surface area contributed by atoms with E-state index < -0.39 is 0 Å². The average Bonchev–Trinajstić information content (AvgIpc) is 3.45. The molecule has 0 amide bonds. The van der Waals surface area contributed by atoms with Gasteiger partial charge in [-0.1, -0.05) is 89.8 Å². The number of nitrogens with two attached hydrogens (primary N) is 2. The molecule has 8 atom stereocenters. The Hall–Kier alpha value is -3.53. The standard InChI is InChI=1S/C46H60N2O2/c1-29(2)9-6-10-30(3)41-17-18-42-40-16-15-36-28-39(19-21-45(36,4)43(40)20-22-46(41,42)5)50-44(49)35-24-33(31-11-7-13-37(47)26-31)23-34(25-35)32-12-8-14-38(48)27-32/h7-8,11-15,23-27,29-30,39-43H,6,9-10,16-22,28,47-48H2,1-5H3/t30-,39+,40+,41-,42+,43+,45+,46-/m1/s1. The van der Waals surface area contributed by atoms with Crippen LogP contribution in [0.25, 0.3) is 22.3 Å². The van der Waals surface area contributed by atoms with Crippen molar-refractivity contribution in [3.63, 3.8) is 0 Å². The van der Waals surface area contributed by atoms with E-state index >= 15 is 0 Å². The summed E-state index contributed by atoms with van der Waals surface area (Å²) in [6.45, 7) is 12.5. The van der Waals surface area contributed by atoms with Gasteiger partial charge in [0.1, 0.15) is 6.10 Å². The smallest absolute Gasteiger partial charge is 0.338 e. The molecule has 0 unspecified atom stereocenters. The van der Waals surface area contributed by atoms with Gasteiger partial charge in [0.25, 0.3) is 0 Å². The molecule has 0 aliphatic heterocycles. The predicted molar refractivity (Wildman–Crippen MR) is 208 cm³/mol. The zero-order valence-corrected chi connectivity index (χ0v) is 31.2. The minimum absolute atomic E-state index is 0.0957. The maximum absolute atomic E-state index is 13.9. The second-order valence-electron chi connectivity index (χ2n) is 17.6. The van der Waals surface area contributed by atoms with Crippen molar-refractivity contribution in [3.8, 4) is 22.3 Å². The normalized spacial score (nSPS) is 30.9. The van der Waals surface area contributed by atoms with Crippen LogP contribution in [0, 0.1) is 46.3 Å². The first-order chi connectivity index (χ1) is 23.9. The summed E-state index contributed by atoms with van der Waals surface area (Å²) in [4.78, 5) is 13.9. The van der Waals surface area contributed by atoms with Crippen LogP contribution in [0.2, 0.25) is 0 Å². The summed E-state index contributed by atoms with van der Waals surface area (Å²) in [6, 6.07) is 21.6. The summed E-state index contributed by atoms with van der Waals surface area (Å²) in [7, 11) is 0. The average molecular weight is 673 g/mol. The topological polar surface area (TPSA) is 78.3 Å². The van der Waals surface area contributed by atoms with Crippen LogP contribution in [0.4, 0.5) is 11.4 Å². The third-order valence-corrected chi connectivity index (χ3v) is 14.1. The van der Waals surface area contributed by atoms with E-state index in [-0.39, 0.29) is 17.5 Å². The van der Waals surface area contributed by atoms with Gasteiger partial charge in [-0.25, -0.2) is 4.79 Å². The maximum atomic E-state index is 13.9. The van der Waals surface area contributed by atoms with E-state index in [1.165, 1.54) is 51.4 Å². The molecule has 0 radical (unpaired) electrons. The predicted octanol–water partition coefficient (Wildman–Crippen LogP) is 11.8. The summed E-state index contributed by atoms with van der Waals surface area (Å²) in [5, 5.41) is 0. The molecule has 3 aromatic carbocycles. The lowest BCUT2D eigenvalue weighted by molar-refractivity contribution is -0.0594. The number of rotatable bonds is 9. The number of hydrogen-bond acceptors (Lipinski definition) is 4. The second kappa shape index (κ2) is 13.9. The van der Waals surface area contributed by atoms with Crippen LogP contribution in [-0.2, 0) is 4.74 Å². The molecule has 3 fully saturated rings. The van der Waals surface area contributed by atoms with E-state index in [2.05, 4.69) is 46.8 Å². The molecule has 3 aromatic rings. The first-order valence-electron chi connectivity index (χ1n) is 19.7. The minimum atomic E-state index is -0.253. The number of esters is 1. The highest BCUT2D eigenvalue weighted by atomic mass is 16.5. The second-order valence-corrected chi connectivity index (χ2v) is 17.6. The van der Waals surface area contributed by atoms with Crippen LogP contribution in [0.15, 0.2) is 78.4 Å². The van der Waals surface area contributed by atoms with Crippen molar-refractivity contribution in [2.24, 2.45) is 46.3 Å². The number of carbonyl (C=O) groups is 1. The molecule has 266 valence electrons. The van der Waals surface area contributed by atoms with Crippen molar-refractivity contribution < 1.29 is 9.53 Å². The molecule has 4 N–H and O–H groups in total. The van der Waals surface area contributed by atoms with Gasteiger partial charge < -0.3 is 16.2 Å². The van der Waals surface area contributed by atoms with E-state index in [0.29, 0.717) is 22.4 Å². The zero-order chi connectivity index (χ0) is 35.2. The molecular formula is C46H60N2O2. The highest BCUT2D eigenvalue weighted by molar-refractivity contribution is 5.94. The molecule has 50 heavy (non-hydrogen) atoms. The third-order valence-electron chi connectivity index (χ3n) is 14.1. The van der Waals surface area contributed by atoms with Gasteiger partial charge in [0.15, 0.2) is 0 Å². The monoisotopic (exact) mass is 672 g/mol. The molecule has 4 aliphatic carbocycles. The Kier molecular flexibility index (Phi) is 9.69. The number of ether oxygens (including phenoxy) is 1. The Labute approximate surface area is 301 Å². The molecular weight excluding hydrogens is 613 g/mol. The summed E-state index contributed by atoms with van der Waals surface area (Å²) in [6.07, 6.45) is 16.3. The van der Waals surface area contributed by atoms with Crippen LogP contribution in [0.3, 0.4) is 0 Å². The molecule has 0 bridgehead atoms. The lowest BCUT2D eigenvalue weighted by Crippen LogP contribution is -2.51. The number of nitrogen functional groups attached to an aromatic ring is 2. The molecule has 0 heterocycles. The van der Waals surface area contributed by atoms with Crippen molar-refractivity contribution in [3.05, 3.63) is 83.9 Å². The van der Waals surface area contributed by atoms with E-state index in [4.69, 9.17) is 16.2 Å². The lowest BCUT2D eigenvalue weighted by atomic mass is 9.47. The van der Waals surface area contributed by atoms with Crippen molar-refractivity contribution in [2.45, 2.75) is 111 Å². The zero-order valence-electron chi connectivity index (χ0n) is 31.2. The van der Waals surface area contributed by atoms with Crippen LogP contribution in [0.5, 0.6) is 0 Å². The number of hydrogen-bond donors (Lipinski definition) is 2. The van der Waals surface area contributed by atoms with Crippen LogP contribution in [-0.4, -0.2) is 12.1 Å². The first-order valence-corrected chi connectivity index (χ1v) is 19.7. The van der Waals surface area contributed by atoms with Gasteiger partial charge in [-0.05, 0) is 156 Å². The number of allylic oxidation sites excluding steroid dienone is 1. The van der Waals surface area contributed by atoms with Gasteiger partial charge in [0, 0.05) is 17.8 Å². The van der Waals surface area contributed by atoms with Gasteiger partial charge >= 0.3 is 5.97 Å². The van der Waals surface area contributed by atoms with Crippen LogP contribution >= 0.6 is 0 Å². The van der Waals surface area contributed by atoms with Crippen LogP contribution < -0.4 is 11.5 Å². The van der Waals surface area contributed by atoms with E-state index in [1.54, 1.807) is 5.57 Å². The summed E-state index contributed by atoms with van der Waals surface area (Å²) in [5.74, 6) is 4.68. The van der Waals surface area contributed by atoms with Gasteiger partial charge in [-0.15, -0.1) is 0 Å². The quantitative estimate of drug-likeness (QED) is 0.135. The highest BCUT2D eigenvalue weighted by Crippen LogP contribution is 2.67. The van der Waals surface area contributed by atoms with Crippen molar-refractivity contribution >= 4 is 17.3 Å². The molecule has 0 saturated heterocycles. The Balaban J connectivity index is 1.07. The first kappa shape index (κ1) is 34.9. The molecule has 4 nitrogen and oxygen atoms in total. The van der Waals surface area contributed by atoms with Gasteiger partial charge in [0.2, 0.25) is 0 Å². The molecule has 0 aromatic heterocycles. The molecule has 7 rings (SSSR count). The summed E-state index contributed by atoms with van der Waals surface area (Å²) < 4.78 is 6.38. The number of benzene rings is 3. The summed E-state index contributed by atoms with van der Waals surface area (Å²) >= 11 is 0. The van der Waals surface area contributed by atoms with Crippen LogP contribution in [0.1, 0.15) is 116 Å². The Morgan fingerprint density at radius 1 is 0.800 bits per heavy atom. The highest BCUT2D eigenvalue weighted by Gasteiger charge is 2.59. The van der Waals surface area contributed by atoms with Crippen molar-refractivity contribution in [1.29, 1.82) is 0 Å². The molecule has 4 aliphatic rings. The molecule has 0 spiro atoms. The summed E-state index contributed by atoms with van der Waals surface area (Å²) in [5.41, 5.74) is 20.3. The number of fused-ring (bicyclic) bond motifs is 5. The van der Waals surface area contributed by atoms with E-state index in [0.717, 1.165) is 77.0 Å². The maximum Gasteiger partial charge on any atom is 0.338 e. The fourth-order valence-corrected chi connectivity index (χ4v) is 11.5. The molecule has 3 saturated carbocycles. The number of carbonyl (C=O) groups excluding carboxylic acids is 1. The van der Waals surface area contributed by atoms with Crippen molar-refractivity contribution in [2.75, 3.05) is 11.5 Å².